The van der Waals surface area contributed by atoms with Gasteiger partial charge in [0, 0.05) is 41.2 Å². The van der Waals surface area contributed by atoms with E-state index >= 15 is 0 Å². The number of aromatic nitrogens is 1. The lowest BCUT2D eigenvalue weighted by Gasteiger charge is -2.10. The van der Waals surface area contributed by atoms with Gasteiger partial charge >= 0.3 is 0 Å². The van der Waals surface area contributed by atoms with E-state index in [9.17, 15) is 9.59 Å². The van der Waals surface area contributed by atoms with Crippen LogP contribution in [-0.4, -0.2) is 16.7 Å². The summed E-state index contributed by atoms with van der Waals surface area (Å²) in [6, 6.07) is 16.4. The van der Waals surface area contributed by atoms with Crippen LogP contribution in [0.25, 0.3) is 11.1 Å². The molecule has 0 unspecified atom stereocenters. The van der Waals surface area contributed by atoms with E-state index in [0.717, 1.165) is 16.7 Å². The van der Waals surface area contributed by atoms with E-state index in [0.29, 0.717) is 23.2 Å². The third-order valence-electron chi connectivity index (χ3n) is 4.17. The number of nitrogens with one attached hydrogen (secondary N) is 1. The normalized spacial score (nSPS) is 11.8. The Labute approximate surface area is 139 Å². The molecule has 116 valence electrons. The zero-order valence-corrected chi connectivity index (χ0v) is 12.8. The van der Waals surface area contributed by atoms with Crippen molar-refractivity contribution in [1.29, 1.82) is 0 Å². The Morgan fingerprint density at radius 2 is 1.71 bits per heavy atom. The van der Waals surface area contributed by atoms with Crippen LogP contribution in [0.15, 0.2) is 67.0 Å². The summed E-state index contributed by atoms with van der Waals surface area (Å²) in [7, 11) is 0. The first-order valence-electron chi connectivity index (χ1n) is 7.70. The molecule has 1 amide bonds. The minimum absolute atomic E-state index is 0.0255. The minimum atomic E-state index is -0.194. The highest BCUT2D eigenvalue weighted by molar-refractivity contribution is 6.24. The fourth-order valence-electron chi connectivity index (χ4n) is 3.05. The van der Waals surface area contributed by atoms with Crippen LogP contribution in [0, 0.1) is 0 Å². The maximum absolute atomic E-state index is 12.7. The zero-order chi connectivity index (χ0) is 16.5. The number of fused-ring (bicyclic) bond motifs is 3. The second-order valence-corrected chi connectivity index (χ2v) is 5.65. The molecule has 1 aromatic heterocycles. The Bertz CT molecular complexity index is 949. The van der Waals surface area contributed by atoms with Crippen LogP contribution in [0.4, 0.5) is 0 Å². The van der Waals surface area contributed by atoms with Crippen LogP contribution in [0.3, 0.4) is 0 Å². The van der Waals surface area contributed by atoms with Gasteiger partial charge in [-0.15, -0.1) is 0 Å². The second kappa shape index (κ2) is 5.74. The van der Waals surface area contributed by atoms with E-state index in [1.54, 1.807) is 36.7 Å². The summed E-state index contributed by atoms with van der Waals surface area (Å²) in [4.78, 5) is 29.2. The first-order chi connectivity index (χ1) is 11.8. The average Bonchev–Trinajstić information content (AvgIpc) is 2.94. The Hall–Kier alpha value is -3.27. The summed E-state index contributed by atoms with van der Waals surface area (Å²) in [5.74, 6) is -0.220. The van der Waals surface area contributed by atoms with Gasteiger partial charge in [0.05, 0.1) is 0 Å². The lowest BCUT2D eigenvalue weighted by atomic mass is 9.99. The molecule has 1 heterocycles. The number of nitrogens with zero attached hydrogens (tertiary/aromatic N) is 1. The highest BCUT2D eigenvalue weighted by Crippen LogP contribution is 2.38. The molecule has 24 heavy (non-hydrogen) atoms. The van der Waals surface area contributed by atoms with Gasteiger partial charge in [0.25, 0.3) is 5.91 Å². The van der Waals surface area contributed by atoms with E-state index in [-0.39, 0.29) is 11.7 Å². The van der Waals surface area contributed by atoms with Crippen molar-refractivity contribution in [2.75, 3.05) is 0 Å². The lowest BCUT2D eigenvalue weighted by Crippen LogP contribution is -2.23. The van der Waals surface area contributed by atoms with Crippen molar-refractivity contribution in [3.05, 3.63) is 89.2 Å². The summed E-state index contributed by atoms with van der Waals surface area (Å²) in [5, 5.41) is 2.90. The average molecular weight is 314 g/mol. The molecule has 0 spiro atoms. The maximum Gasteiger partial charge on any atom is 0.252 e. The number of hydrogen-bond acceptors (Lipinski definition) is 3. The van der Waals surface area contributed by atoms with Gasteiger partial charge in [-0.1, -0.05) is 42.5 Å². The summed E-state index contributed by atoms with van der Waals surface area (Å²) < 4.78 is 0. The second-order valence-electron chi connectivity index (χ2n) is 5.65. The van der Waals surface area contributed by atoms with Gasteiger partial charge in [-0.25, -0.2) is 0 Å². The van der Waals surface area contributed by atoms with Crippen LogP contribution in [0.1, 0.15) is 31.8 Å². The van der Waals surface area contributed by atoms with Gasteiger partial charge in [0.15, 0.2) is 5.78 Å². The maximum atomic E-state index is 12.7. The number of benzene rings is 2. The lowest BCUT2D eigenvalue weighted by molar-refractivity contribution is 0.0951. The van der Waals surface area contributed by atoms with Gasteiger partial charge < -0.3 is 5.32 Å². The van der Waals surface area contributed by atoms with E-state index in [1.165, 1.54) is 0 Å². The fourth-order valence-corrected chi connectivity index (χ4v) is 3.05. The number of amides is 1. The summed E-state index contributed by atoms with van der Waals surface area (Å²) >= 11 is 0. The molecular weight excluding hydrogens is 300 g/mol. The first-order valence-corrected chi connectivity index (χ1v) is 7.70. The number of ketones is 1. The van der Waals surface area contributed by atoms with Crippen molar-refractivity contribution >= 4 is 11.7 Å². The molecule has 4 heteroatoms. The molecule has 0 atom stereocenters. The molecule has 1 aliphatic rings. The summed E-state index contributed by atoms with van der Waals surface area (Å²) in [5.41, 5.74) is 4.24. The van der Waals surface area contributed by atoms with Gasteiger partial charge in [-0.3, -0.25) is 14.6 Å². The number of carbonyl (C=O) groups is 2. The molecule has 0 aliphatic heterocycles. The molecule has 0 bridgehead atoms. The van der Waals surface area contributed by atoms with Crippen molar-refractivity contribution in [2.24, 2.45) is 0 Å². The van der Waals surface area contributed by atoms with Gasteiger partial charge in [-0.2, -0.15) is 0 Å². The highest BCUT2D eigenvalue weighted by Gasteiger charge is 2.29. The van der Waals surface area contributed by atoms with Gasteiger partial charge in [0.1, 0.15) is 0 Å². The smallest absolute Gasteiger partial charge is 0.252 e. The number of rotatable bonds is 3. The molecule has 3 aromatic rings. The standard InChI is InChI=1S/C20H14N2O2/c23-19-15-7-2-1-6-14(15)18-16(19)8-3-9-17(18)20(24)22-12-13-5-4-10-21-11-13/h1-11H,12H2,(H,22,24). The fraction of sp³-hybridized carbons (Fsp3) is 0.0500. The van der Waals surface area contributed by atoms with Crippen LogP contribution in [-0.2, 0) is 6.54 Å². The van der Waals surface area contributed by atoms with Crippen molar-refractivity contribution in [3.8, 4) is 11.1 Å². The van der Waals surface area contributed by atoms with E-state index in [1.807, 2.05) is 30.3 Å². The van der Waals surface area contributed by atoms with Crippen LogP contribution >= 0.6 is 0 Å². The third-order valence-corrected chi connectivity index (χ3v) is 4.17. The molecule has 0 fully saturated rings. The highest BCUT2D eigenvalue weighted by atomic mass is 16.1. The Morgan fingerprint density at radius 3 is 2.50 bits per heavy atom. The largest absolute Gasteiger partial charge is 0.348 e. The van der Waals surface area contributed by atoms with Crippen LogP contribution in [0.2, 0.25) is 0 Å². The monoisotopic (exact) mass is 314 g/mol. The molecule has 1 aliphatic carbocycles. The Morgan fingerprint density at radius 1 is 0.917 bits per heavy atom. The molecule has 0 saturated heterocycles. The predicted octanol–water partition coefficient (Wildman–Crippen LogP) is 3.22. The molecule has 1 N–H and O–H groups in total. The molecule has 0 saturated carbocycles. The van der Waals surface area contributed by atoms with Crippen molar-refractivity contribution in [1.82, 2.24) is 10.3 Å². The van der Waals surface area contributed by atoms with Crippen molar-refractivity contribution in [2.45, 2.75) is 6.54 Å². The summed E-state index contributed by atoms with van der Waals surface area (Å²) in [6.07, 6.45) is 3.41. The number of carbonyl (C=O) groups excluding carboxylic acids is 2. The summed E-state index contributed by atoms with van der Waals surface area (Å²) in [6.45, 7) is 0.395. The van der Waals surface area contributed by atoms with Crippen LogP contribution in [0.5, 0.6) is 0 Å². The molecule has 4 rings (SSSR count). The van der Waals surface area contributed by atoms with E-state index in [2.05, 4.69) is 10.3 Å². The topological polar surface area (TPSA) is 59.1 Å². The predicted molar refractivity (Wildman–Crippen MR) is 90.7 cm³/mol. The van der Waals surface area contributed by atoms with Gasteiger partial charge in [-0.05, 0) is 23.3 Å². The minimum Gasteiger partial charge on any atom is -0.348 e. The van der Waals surface area contributed by atoms with Crippen molar-refractivity contribution in [3.63, 3.8) is 0 Å². The van der Waals surface area contributed by atoms with E-state index < -0.39 is 0 Å². The molecule has 0 radical (unpaired) electrons. The first kappa shape index (κ1) is 14.3. The third kappa shape index (κ3) is 2.29. The Kier molecular flexibility index (Phi) is 3.43. The quantitative estimate of drug-likeness (QED) is 0.631. The number of hydrogen-bond donors (Lipinski definition) is 1. The molecule has 4 nitrogen and oxygen atoms in total. The van der Waals surface area contributed by atoms with Gasteiger partial charge in [0.2, 0.25) is 0 Å². The van der Waals surface area contributed by atoms with Crippen LogP contribution < -0.4 is 5.32 Å². The van der Waals surface area contributed by atoms with Crippen molar-refractivity contribution < 1.29 is 9.59 Å². The Balaban J connectivity index is 1.69. The molecular formula is C20H14N2O2. The molecule has 2 aromatic carbocycles. The zero-order valence-electron chi connectivity index (χ0n) is 12.8. The SMILES string of the molecule is O=C(NCc1cccnc1)c1cccc2c1-c1ccccc1C2=O. The van der Waals surface area contributed by atoms with E-state index in [4.69, 9.17) is 0 Å². The number of pyridine rings is 1.